The molecule has 24 heavy (non-hydrogen) atoms. The van der Waals surface area contributed by atoms with Gasteiger partial charge in [0.1, 0.15) is 17.8 Å². The minimum Gasteiger partial charge on any atom is -0.444 e. The van der Waals surface area contributed by atoms with Gasteiger partial charge in [0.15, 0.2) is 0 Å². The normalized spacial score (nSPS) is 14.9. The van der Waals surface area contributed by atoms with Crippen molar-refractivity contribution in [3.63, 3.8) is 0 Å². The zero-order valence-corrected chi connectivity index (χ0v) is 14.1. The summed E-state index contributed by atoms with van der Waals surface area (Å²) < 4.78 is 43.4. The third kappa shape index (κ3) is 5.85. The monoisotopic (exact) mass is 369 g/mol. The van der Waals surface area contributed by atoms with Crippen LogP contribution in [0.15, 0.2) is 18.2 Å². The molecule has 0 heterocycles. The largest absolute Gasteiger partial charge is 0.444 e. The molecule has 0 aliphatic carbocycles. The van der Waals surface area contributed by atoms with Crippen molar-refractivity contribution >= 4 is 17.7 Å². The van der Waals surface area contributed by atoms with Crippen LogP contribution in [0.1, 0.15) is 38.0 Å². The van der Waals surface area contributed by atoms with E-state index in [0.717, 1.165) is 12.1 Å². The average Bonchev–Trinajstić information content (AvgIpc) is 2.41. The molecular weight excluding hydrogens is 351 g/mol. The van der Waals surface area contributed by atoms with Gasteiger partial charge in [0.2, 0.25) is 0 Å². The molecule has 0 fully saturated rings. The summed E-state index contributed by atoms with van der Waals surface area (Å²) in [6.07, 6.45) is -8.80. The number of benzene rings is 1. The lowest BCUT2D eigenvalue weighted by Gasteiger charge is -2.23. The highest BCUT2D eigenvalue weighted by Gasteiger charge is 2.35. The first-order chi connectivity index (χ1) is 10.8. The molecule has 2 atom stereocenters. The van der Waals surface area contributed by atoms with Gasteiger partial charge in [-0.05, 0) is 26.8 Å². The van der Waals surface area contributed by atoms with Crippen LogP contribution in [0.5, 0.6) is 0 Å². The second-order valence-electron chi connectivity index (χ2n) is 6.10. The van der Waals surface area contributed by atoms with Gasteiger partial charge in [-0.25, -0.2) is 4.79 Å². The first kappa shape index (κ1) is 20.5. The van der Waals surface area contributed by atoms with Crippen LogP contribution in [0.3, 0.4) is 0 Å². The van der Waals surface area contributed by atoms with Crippen LogP contribution < -0.4 is 5.32 Å². The zero-order valence-electron chi connectivity index (χ0n) is 13.3. The molecule has 1 rings (SSSR count). The van der Waals surface area contributed by atoms with Crippen molar-refractivity contribution in [2.24, 2.45) is 0 Å². The van der Waals surface area contributed by atoms with Gasteiger partial charge in [-0.1, -0.05) is 23.7 Å². The van der Waals surface area contributed by atoms with E-state index in [0.29, 0.717) is 0 Å². The van der Waals surface area contributed by atoms with E-state index in [4.69, 9.17) is 16.3 Å². The second kappa shape index (κ2) is 7.58. The molecule has 3 N–H and O–H groups in total. The van der Waals surface area contributed by atoms with Crippen molar-refractivity contribution in [2.75, 3.05) is 6.54 Å². The molecule has 0 spiro atoms. The number of ether oxygens (including phenoxy) is 1. The summed E-state index contributed by atoms with van der Waals surface area (Å²) in [6.45, 7) is 4.49. The molecule has 0 aliphatic rings. The van der Waals surface area contributed by atoms with Crippen molar-refractivity contribution in [1.82, 2.24) is 5.32 Å². The van der Waals surface area contributed by atoms with Gasteiger partial charge in [-0.2, -0.15) is 13.2 Å². The van der Waals surface area contributed by atoms with E-state index in [1.165, 1.54) is 6.07 Å². The zero-order chi connectivity index (χ0) is 18.7. The van der Waals surface area contributed by atoms with E-state index in [9.17, 15) is 28.2 Å². The number of hydrogen-bond acceptors (Lipinski definition) is 4. The SMILES string of the molecule is CC(C)(C)OC(=O)NCC(O)C(O)c1cccc(C(F)(F)F)c1Cl. The fraction of sp³-hybridized carbons (Fsp3) is 0.533. The van der Waals surface area contributed by atoms with Crippen LogP contribution in [0.2, 0.25) is 5.02 Å². The predicted molar refractivity (Wildman–Crippen MR) is 81.7 cm³/mol. The molecule has 2 unspecified atom stereocenters. The number of alkyl halides is 3. The number of carbonyl (C=O) groups is 1. The van der Waals surface area contributed by atoms with E-state index in [1.54, 1.807) is 20.8 Å². The number of alkyl carbamates (subject to hydrolysis) is 1. The second-order valence-corrected chi connectivity index (χ2v) is 6.48. The summed E-state index contributed by atoms with van der Waals surface area (Å²) in [7, 11) is 0. The Kier molecular flexibility index (Phi) is 6.49. The van der Waals surface area contributed by atoms with Gasteiger partial charge < -0.3 is 20.3 Å². The van der Waals surface area contributed by atoms with Crippen LogP contribution in [0.4, 0.5) is 18.0 Å². The lowest BCUT2D eigenvalue weighted by Crippen LogP contribution is -2.39. The third-order valence-electron chi connectivity index (χ3n) is 2.87. The van der Waals surface area contributed by atoms with Gasteiger partial charge in [-0.15, -0.1) is 0 Å². The van der Waals surface area contributed by atoms with Crippen molar-refractivity contribution < 1.29 is 32.9 Å². The van der Waals surface area contributed by atoms with Gasteiger partial charge >= 0.3 is 12.3 Å². The summed E-state index contributed by atoms with van der Waals surface area (Å²) in [5.74, 6) is 0. The molecule has 0 saturated carbocycles. The van der Waals surface area contributed by atoms with E-state index < -0.39 is 47.2 Å². The molecule has 0 aliphatic heterocycles. The van der Waals surface area contributed by atoms with Crippen molar-refractivity contribution in [3.8, 4) is 0 Å². The summed E-state index contributed by atoms with van der Waals surface area (Å²) >= 11 is 5.68. The van der Waals surface area contributed by atoms with Gasteiger partial charge in [0.25, 0.3) is 0 Å². The van der Waals surface area contributed by atoms with E-state index in [2.05, 4.69) is 5.32 Å². The maximum atomic E-state index is 12.8. The molecule has 1 aromatic carbocycles. The highest BCUT2D eigenvalue weighted by molar-refractivity contribution is 6.32. The maximum Gasteiger partial charge on any atom is 0.417 e. The molecule has 5 nitrogen and oxygen atoms in total. The summed E-state index contributed by atoms with van der Waals surface area (Å²) in [6, 6.07) is 3.00. The first-order valence-corrected chi connectivity index (χ1v) is 7.39. The van der Waals surface area contributed by atoms with E-state index >= 15 is 0 Å². The summed E-state index contributed by atoms with van der Waals surface area (Å²) in [5.41, 5.74) is -2.16. The first-order valence-electron chi connectivity index (χ1n) is 7.01. The quantitative estimate of drug-likeness (QED) is 0.761. The Balaban J connectivity index is 2.80. The van der Waals surface area contributed by atoms with Gasteiger partial charge in [0, 0.05) is 12.1 Å². The van der Waals surface area contributed by atoms with Crippen molar-refractivity contribution in [3.05, 3.63) is 34.3 Å². The number of hydrogen-bond donors (Lipinski definition) is 3. The Hall–Kier alpha value is -1.51. The van der Waals surface area contributed by atoms with Gasteiger partial charge in [0.05, 0.1) is 10.6 Å². The number of amides is 1. The Morgan fingerprint density at radius 2 is 1.88 bits per heavy atom. The van der Waals surface area contributed by atoms with E-state index in [1.807, 2.05) is 0 Å². The van der Waals surface area contributed by atoms with Crippen LogP contribution in [0, 0.1) is 0 Å². The number of carbonyl (C=O) groups excluding carboxylic acids is 1. The highest BCUT2D eigenvalue weighted by atomic mass is 35.5. The number of aliphatic hydroxyl groups excluding tert-OH is 2. The Morgan fingerprint density at radius 3 is 2.38 bits per heavy atom. The Bertz CT molecular complexity index is 587. The Labute approximate surface area is 142 Å². The van der Waals surface area contributed by atoms with Crippen molar-refractivity contribution in [1.29, 1.82) is 0 Å². The minimum atomic E-state index is -4.69. The lowest BCUT2D eigenvalue weighted by molar-refractivity contribution is -0.137. The van der Waals surface area contributed by atoms with Crippen LogP contribution >= 0.6 is 11.6 Å². The molecular formula is C15H19ClF3NO4. The average molecular weight is 370 g/mol. The standard InChI is InChI=1S/C15H19ClF3NO4/c1-14(2,3)24-13(23)20-7-10(21)12(22)8-5-4-6-9(11(8)16)15(17,18)19/h4-6,10,12,21-22H,7H2,1-3H3,(H,20,23). The molecule has 0 aromatic heterocycles. The van der Waals surface area contributed by atoms with E-state index in [-0.39, 0.29) is 5.56 Å². The fourth-order valence-corrected chi connectivity index (χ4v) is 2.16. The van der Waals surface area contributed by atoms with Gasteiger partial charge in [-0.3, -0.25) is 0 Å². The molecule has 9 heteroatoms. The molecule has 136 valence electrons. The molecule has 1 amide bonds. The molecule has 0 bridgehead atoms. The smallest absolute Gasteiger partial charge is 0.417 e. The summed E-state index contributed by atoms with van der Waals surface area (Å²) in [4.78, 5) is 11.5. The molecule has 0 radical (unpaired) electrons. The number of nitrogens with one attached hydrogen (secondary N) is 1. The number of rotatable bonds is 4. The lowest BCUT2D eigenvalue weighted by atomic mass is 10.0. The minimum absolute atomic E-state index is 0.287. The number of aliphatic hydroxyl groups is 2. The fourth-order valence-electron chi connectivity index (χ4n) is 1.82. The maximum absolute atomic E-state index is 12.8. The van der Waals surface area contributed by atoms with Crippen LogP contribution in [0.25, 0.3) is 0 Å². The number of halogens is 4. The summed E-state index contributed by atoms with van der Waals surface area (Å²) in [5, 5.41) is 21.4. The third-order valence-corrected chi connectivity index (χ3v) is 3.29. The topological polar surface area (TPSA) is 78.8 Å². The molecule has 1 aromatic rings. The highest BCUT2D eigenvalue weighted by Crippen LogP contribution is 2.38. The van der Waals surface area contributed by atoms with Crippen LogP contribution in [-0.4, -0.2) is 34.6 Å². The predicted octanol–water partition coefficient (Wildman–Crippen LogP) is 3.28. The Morgan fingerprint density at radius 1 is 1.29 bits per heavy atom. The molecule has 0 saturated heterocycles. The van der Waals surface area contributed by atoms with Crippen molar-refractivity contribution in [2.45, 2.75) is 44.8 Å². The van der Waals surface area contributed by atoms with Crippen LogP contribution in [-0.2, 0) is 10.9 Å².